The topological polar surface area (TPSA) is 89.3 Å². The first-order valence-electron chi connectivity index (χ1n) is 7.21. The molecule has 21 heavy (non-hydrogen) atoms. The third-order valence-electron chi connectivity index (χ3n) is 3.43. The van der Waals surface area contributed by atoms with Gasteiger partial charge in [-0.1, -0.05) is 20.8 Å². The predicted octanol–water partition coefficient (Wildman–Crippen LogP) is 2.78. The van der Waals surface area contributed by atoms with Crippen LogP contribution in [0.5, 0.6) is 0 Å². The molecule has 118 valence electrons. The first-order chi connectivity index (χ1) is 9.77. The fourth-order valence-corrected chi connectivity index (χ4v) is 4.70. The standard InChI is InChI=1S/C14H22N2O3S2/c1-4-21(18,19)13-10(15)12(11(17)9-5-6-9)20-14(13)16-7-8(2)3/h8-9,16H,4-7,15H2,1-3H3. The van der Waals surface area contributed by atoms with Crippen molar-refractivity contribution in [2.45, 2.75) is 38.5 Å². The Hall–Kier alpha value is -1.08. The van der Waals surface area contributed by atoms with E-state index in [2.05, 4.69) is 5.32 Å². The van der Waals surface area contributed by atoms with Gasteiger partial charge in [-0.2, -0.15) is 0 Å². The Morgan fingerprint density at radius 3 is 2.52 bits per heavy atom. The van der Waals surface area contributed by atoms with Crippen LogP contribution in [0.25, 0.3) is 0 Å². The first-order valence-corrected chi connectivity index (χ1v) is 9.67. The molecule has 7 heteroatoms. The maximum atomic E-state index is 12.3. The van der Waals surface area contributed by atoms with Crippen LogP contribution in [0.2, 0.25) is 0 Å². The molecule has 0 saturated heterocycles. The number of nitrogens with two attached hydrogens (primary N) is 1. The highest BCUT2D eigenvalue weighted by molar-refractivity contribution is 7.92. The number of ketones is 1. The third-order valence-corrected chi connectivity index (χ3v) is 6.55. The molecule has 1 aliphatic carbocycles. The maximum Gasteiger partial charge on any atom is 0.183 e. The molecule has 5 nitrogen and oxygen atoms in total. The van der Waals surface area contributed by atoms with E-state index in [4.69, 9.17) is 5.73 Å². The van der Waals surface area contributed by atoms with Gasteiger partial charge in [-0.3, -0.25) is 4.79 Å². The zero-order valence-electron chi connectivity index (χ0n) is 12.6. The van der Waals surface area contributed by atoms with Crippen molar-refractivity contribution < 1.29 is 13.2 Å². The number of nitrogen functional groups attached to an aromatic ring is 1. The lowest BCUT2D eigenvalue weighted by Crippen LogP contribution is -2.12. The minimum Gasteiger partial charge on any atom is -0.396 e. The molecule has 0 aliphatic heterocycles. The number of nitrogens with one attached hydrogen (secondary N) is 1. The zero-order chi connectivity index (χ0) is 15.8. The molecule has 3 N–H and O–H groups in total. The second-order valence-electron chi connectivity index (χ2n) is 5.82. The highest BCUT2D eigenvalue weighted by atomic mass is 32.2. The summed E-state index contributed by atoms with van der Waals surface area (Å²) < 4.78 is 24.6. The van der Waals surface area contributed by atoms with Gasteiger partial charge in [0.2, 0.25) is 0 Å². The molecular formula is C14H22N2O3S2. The second-order valence-corrected chi connectivity index (χ2v) is 9.06. The molecule has 1 fully saturated rings. The van der Waals surface area contributed by atoms with Gasteiger partial charge in [0.1, 0.15) is 9.90 Å². The van der Waals surface area contributed by atoms with Crippen LogP contribution >= 0.6 is 11.3 Å². The fraction of sp³-hybridized carbons (Fsp3) is 0.643. The Balaban J connectivity index is 2.46. The van der Waals surface area contributed by atoms with E-state index < -0.39 is 9.84 Å². The number of carbonyl (C=O) groups excluding carboxylic acids is 1. The maximum absolute atomic E-state index is 12.3. The van der Waals surface area contributed by atoms with Gasteiger partial charge in [0, 0.05) is 12.5 Å². The minimum atomic E-state index is -3.45. The molecule has 0 spiro atoms. The summed E-state index contributed by atoms with van der Waals surface area (Å²) in [5, 5.41) is 3.64. The number of anilines is 2. The monoisotopic (exact) mass is 330 g/mol. The summed E-state index contributed by atoms with van der Waals surface area (Å²) in [5.74, 6) is 0.360. The third kappa shape index (κ3) is 3.40. The van der Waals surface area contributed by atoms with Gasteiger partial charge in [0.05, 0.1) is 16.3 Å². The normalized spacial score (nSPS) is 15.4. The molecule has 0 bridgehead atoms. The smallest absolute Gasteiger partial charge is 0.183 e. The van der Waals surface area contributed by atoms with Gasteiger partial charge in [-0.25, -0.2) is 8.42 Å². The molecule has 1 saturated carbocycles. The van der Waals surface area contributed by atoms with E-state index in [-0.39, 0.29) is 28.0 Å². The summed E-state index contributed by atoms with van der Waals surface area (Å²) in [6.07, 6.45) is 1.75. The van der Waals surface area contributed by atoms with Crippen molar-refractivity contribution in [2.24, 2.45) is 11.8 Å². The van der Waals surface area contributed by atoms with E-state index >= 15 is 0 Å². The fourth-order valence-electron chi connectivity index (χ4n) is 2.01. The van der Waals surface area contributed by atoms with Gasteiger partial charge in [0.25, 0.3) is 0 Å². The number of thiophene rings is 1. The lowest BCUT2D eigenvalue weighted by molar-refractivity contribution is 0.0972. The first kappa shape index (κ1) is 16.3. The van der Waals surface area contributed by atoms with Crippen molar-refractivity contribution in [3.05, 3.63) is 4.88 Å². The molecule has 0 radical (unpaired) electrons. The van der Waals surface area contributed by atoms with E-state index in [0.29, 0.717) is 22.3 Å². The van der Waals surface area contributed by atoms with Crippen molar-refractivity contribution >= 4 is 37.6 Å². The number of rotatable bonds is 7. The van der Waals surface area contributed by atoms with Crippen LogP contribution in [-0.4, -0.2) is 26.5 Å². The average molecular weight is 330 g/mol. The number of Topliss-reactive ketones (excluding diaryl/α,β-unsaturated/α-hetero) is 1. The lowest BCUT2D eigenvalue weighted by atomic mass is 10.2. The van der Waals surface area contributed by atoms with Crippen LogP contribution in [0.3, 0.4) is 0 Å². The molecule has 2 rings (SSSR count). The second kappa shape index (κ2) is 5.96. The molecule has 0 aromatic carbocycles. The van der Waals surface area contributed by atoms with E-state index in [1.807, 2.05) is 13.8 Å². The van der Waals surface area contributed by atoms with Crippen molar-refractivity contribution in [3.8, 4) is 0 Å². The van der Waals surface area contributed by atoms with Gasteiger partial charge in [-0.15, -0.1) is 11.3 Å². The van der Waals surface area contributed by atoms with Crippen LogP contribution in [0.15, 0.2) is 4.90 Å². The molecule has 1 aliphatic rings. The van der Waals surface area contributed by atoms with Crippen molar-refractivity contribution in [2.75, 3.05) is 23.3 Å². The summed E-state index contributed by atoms with van der Waals surface area (Å²) in [4.78, 5) is 12.8. The van der Waals surface area contributed by atoms with Crippen LogP contribution in [0.4, 0.5) is 10.7 Å². The summed E-state index contributed by atoms with van der Waals surface area (Å²) in [7, 11) is -3.45. The molecule has 1 aromatic heterocycles. The Morgan fingerprint density at radius 2 is 2.05 bits per heavy atom. The van der Waals surface area contributed by atoms with E-state index in [0.717, 1.165) is 12.8 Å². The minimum absolute atomic E-state index is 0.0114. The van der Waals surface area contributed by atoms with E-state index in [1.165, 1.54) is 11.3 Å². The van der Waals surface area contributed by atoms with Gasteiger partial charge < -0.3 is 11.1 Å². The van der Waals surface area contributed by atoms with Crippen LogP contribution in [0.1, 0.15) is 43.3 Å². The average Bonchev–Trinajstić information content (AvgIpc) is 3.19. The van der Waals surface area contributed by atoms with Crippen LogP contribution in [-0.2, 0) is 9.84 Å². The molecule has 0 atom stereocenters. The van der Waals surface area contributed by atoms with Gasteiger partial charge in [-0.05, 0) is 18.8 Å². The lowest BCUT2D eigenvalue weighted by Gasteiger charge is -2.09. The predicted molar refractivity (Wildman–Crippen MR) is 86.8 cm³/mol. The molecule has 1 aromatic rings. The zero-order valence-corrected chi connectivity index (χ0v) is 14.2. The molecular weight excluding hydrogens is 308 g/mol. The Kier molecular flexibility index (Phi) is 4.63. The molecule has 1 heterocycles. The van der Waals surface area contributed by atoms with Crippen molar-refractivity contribution in [1.29, 1.82) is 0 Å². The van der Waals surface area contributed by atoms with Gasteiger partial charge >= 0.3 is 0 Å². The van der Waals surface area contributed by atoms with Crippen molar-refractivity contribution in [3.63, 3.8) is 0 Å². The highest BCUT2D eigenvalue weighted by Gasteiger charge is 2.36. The Bertz CT molecular complexity index is 643. The SMILES string of the molecule is CCS(=O)(=O)c1c(NCC(C)C)sc(C(=O)C2CC2)c1N. The highest BCUT2D eigenvalue weighted by Crippen LogP contribution is 2.44. The summed E-state index contributed by atoms with van der Waals surface area (Å²) >= 11 is 1.18. The van der Waals surface area contributed by atoms with E-state index in [1.54, 1.807) is 6.92 Å². The largest absolute Gasteiger partial charge is 0.396 e. The quantitative estimate of drug-likeness (QED) is 0.750. The summed E-state index contributed by atoms with van der Waals surface area (Å²) in [6.45, 7) is 6.30. The van der Waals surface area contributed by atoms with Crippen LogP contribution in [0, 0.1) is 11.8 Å². The Morgan fingerprint density at radius 1 is 1.43 bits per heavy atom. The number of sulfone groups is 1. The number of carbonyl (C=O) groups is 1. The van der Waals surface area contributed by atoms with Crippen LogP contribution < -0.4 is 11.1 Å². The molecule has 0 unspecified atom stereocenters. The Labute approximate surface area is 129 Å². The van der Waals surface area contributed by atoms with E-state index in [9.17, 15) is 13.2 Å². The summed E-state index contributed by atoms with van der Waals surface area (Å²) in [5.41, 5.74) is 6.14. The number of hydrogen-bond acceptors (Lipinski definition) is 6. The van der Waals surface area contributed by atoms with Gasteiger partial charge in [0.15, 0.2) is 15.6 Å². The number of hydrogen-bond donors (Lipinski definition) is 2. The molecule has 0 amide bonds. The summed E-state index contributed by atoms with van der Waals surface area (Å²) in [6, 6.07) is 0. The van der Waals surface area contributed by atoms with Crippen molar-refractivity contribution in [1.82, 2.24) is 0 Å².